The van der Waals surface area contributed by atoms with Gasteiger partial charge in [0, 0.05) is 28.3 Å². The first-order chi connectivity index (χ1) is 11.9. The number of carbonyl (C=O) groups is 2. The van der Waals surface area contributed by atoms with E-state index in [4.69, 9.17) is 0 Å². The molecule has 2 N–H and O–H groups in total. The van der Waals surface area contributed by atoms with Gasteiger partial charge < -0.3 is 10.6 Å². The molecule has 4 nitrogen and oxygen atoms in total. The van der Waals surface area contributed by atoms with Gasteiger partial charge in [-0.25, -0.2) is 0 Å². The smallest absolute Gasteiger partial charge is 0.255 e. The van der Waals surface area contributed by atoms with Crippen LogP contribution in [0.5, 0.6) is 0 Å². The van der Waals surface area contributed by atoms with Crippen molar-refractivity contribution in [3.05, 3.63) is 53.6 Å². The SMILES string of the molecule is CSc1ccc(C)c(C(=O)Nc2ccc(NC(=O)CC(C)C)cc2)c1. The van der Waals surface area contributed by atoms with Gasteiger partial charge in [-0.2, -0.15) is 0 Å². The maximum Gasteiger partial charge on any atom is 0.255 e. The van der Waals surface area contributed by atoms with Crippen molar-refractivity contribution in [1.29, 1.82) is 0 Å². The molecule has 0 saturated heterocycles. The average molecular weight is 356 g/mol. The minimum atomic E-state index is -0.134. The van der Waals surface area contributed by atoms with Crippen molar-refractivity contribution in [2.75, 3.05) is 16.9 Å². The van der Waals surface area contributed by atoms with Crippen molar-refractivity contribution < 1.29 is 9.59 Å². The maximum atomic E-state index is 12.5. The molecule has 0 bridgehead atoms. The normalized spacial score (nSPS) is 10.6. The molecular weight excluding hydrogens is 332 g/mol. The second-order valence-electron chi connectivity index (χ2n) is 6.36. The predicted molar refractivity (Wildman–Crippen MR) is 105 cm³/mol. The molecule has 2 rings (SSSR count). The number of hydrogen-bond donors (Lipinski definition) is 2. The molecule has 2 aromatic rings. The Morgan fingerprint density at radius 3 is 2.16 bits per heavy atom. The summed E-state index contributed by atoms with van der Waals surface area (Å²) in [7, 11) is 0. The van der Waals surface area contributed by atoms with Crippen molar-refractivity contribution >= 4 is 35.0 Å². The molecule has 5 heteroatoms. The van der Waals surface area contributed by atoms with Crippen molar-refractivity contribution in [2.24, 2.45) is 5.92 Å². The number of hydrogen-bond acceptors (Lipinski definition) is 3. The lowest BCUT2D eigenvalue weighted by atomic mass is 10.1. The van der Waals surface area contributed by atoms with Crippen molar-refractivity contribution in [1.82, 2.24) is 0 Å². The summed E-state index contributed by atoms with van der Waals surface area (Å²) < 4.78 is 0. The summed E-state index contributed by atoms with van der Waals surface area (Å²) in [6.07, 6.45) is 2.47. The van der Waals surface area contributed by atoms with Gasteiger partial charge in [0.2, 0.25) is 5.91 Å². The Kier molecular flexibility index (Phi) is 6.65. The molecule has 132 valence electrons. The maximum absolute atomic E-state index is 12.5. The minimum absolute atomic E-state index is 0.00343. The molecule has 2 aromatic carbocycles. The van der Waals surface area contributed by atoms with Crippen LogP contribution in [0.4, 0.5) is 11.4 Å². The largest absolute Gasteiger partial charge is 0.326 e. The molecule has 0 heterocycles. The summed E-state index contributed by atoms with van der Waals surface area (Å²) in [5, 5.41) is 5.76. The van der Waals surface area contributed by atoms with E-state index in [0.717, 1.165) is 16.1 Å². The zero-order chi connectivity index (χ0) is 18.4. The van der Waals surface area contributed by atoms with E-state index in [9.17, 15) is 9.59 Å². The first-order valence-electron chi connectivity index (χ1n) is 8.25. The number of benzene rings is 2. The second kappa shape index (κ2) is 8.72. The zero-order valence-electron chi connectivity index (χ0n) is 15.1. The van der Waals surface area contributed by atoms with Crippen LogP contribution in [-0.2, 0) is 4.79 Å². The van der Waals surface area contributed by atoms with Crippen LogP contribution in [0.1, 0.15) is 36.2 Å². The first-order valence-corrected chi connectivity index (χ1v) is 9.47. The predicted octanol–water partition coefficient (Wildman–Crippen LogP) is 4.95. The summed E-state index contributed by atoms with van der Waals surface area (Å²) in [6, 6.07) is 13.0. The molecule has 0 spiro atoms. The summed E-state index contributed by atoms with van der Waals surface area (Å²) >= 11 is 1.61. The molecule has 25 heavy (non-hydrogen) atoms. The van der Waals surface area contributed by atoms with Gasteiger partial charge in [0.1, 0.15) is 0 Å². The average Bonchev–Trinajstić information content (AvgIpc) is 2.56. The highest BCUT2D eigenvalue weighted by Crippen LogP contribution is 2.21. The lowest BCUT2D eigenvalue weighted by Crippen LogP contribution is -2.15. The molecule has 2 amide bonds. The van der Waals surface area contributed by atoms with Crippen molar-refractivity contribution in [2.45, 2.75) is 32.1 Å². The van der Waals surface area contributed by atoms with E-state index in [2.05, 4.69) is 10.6 Å². The number of anilines is 2. The first kappa shape index (κ1) is 19.1. The van der Waals surface area contributed by atoms with Crippen molar-refractivity contribution in [3.8, 4) is 0 Å². The molecular formula is C20H24N2O2S. The van der Waals surface area contributed by atoms with Gasteiger partial charge in [-0.05, 0) is 61.1 Å². The molecule has 0 aliphatic carbocycles. The van der Waals surface area contributed by atoms with E-state index < -0.39 is 0 Å². The van der Waals surface area contributed by atoms with Gasteiger partial charge >= 0.3 is 0 Å². The van der Waals surface area contributed by atoms with E-state index in [-0.39, 0.29) is 11.8 Å². The van der Waals surface area contributed by atoms with E-state index in [1.165, 1.54) is 0 Å². The molecule has 0 radical (unpaired) electrons. The van der Waals surface area contributed by atoms with E-state index >= 15 is 0 Å². The number of amides is 2. The number of thioether (sulfide) groups is 1. The third kappa shape index (κ3) is 5.64. The zero-order valence-corrected chi connectivity index (χ0v) is 15.9. The second-order valence-corrected chi connectivity index (χ2v) is 7.24. The highest BCUT2D eigenvalue weighted by molar-refractivity contribution is 7.98. The van der Waals surface area contributed by atoms with E-state index in [0.29, 0.717) is 23.6 Å². The molecule has 0 aliphatic heterocycles. The van der Waals surface area contributed by atoms with E-state index in [1.54, 1.807) is 36.0 Å². The lowest BCUT2D eigenvalue weighted by molar-refractivity contribution is -0.116. The number of aryl methyl sites for hydroxylation is 1. The van der Waals surface area contributed by atoms with Crippen molar-refractivity contribution in [3.63, 3.8) is 0 Å². The highest BCUT2D eigenvalue weighted by atomic mass is 32.2. The summed E-state index contributed by atoms with van der Waals surface area (Å²) in [5.41, 5.74) is 3.03. The number of nitrogens with one attached hydrogen (secondary N) is 2. The Hall–Kier alpha value is -2.27. The summed E-state index contributed by atoms with van der Waals surface area (Å²) in [5.74, 6) is 0.181. The molecule has 0 atom stereocenters. The van der Waals surface area contributed by atoms with Crippen LogP contribution in [-0.4, -0.2) is 18.1 Å². The van der Waals surface area contributed by atoms with Gasteiger partial charge in [0.15, 0.2) is 0 Å². The Balaban J connectivity index is 2.03. The van der Waals surface area contributed by atoms with Gasteiger partial charge in [-0.3, -0.25) is 9.59 Å². The number of carbonyl (C=O) groups excluding carboxylic acids is 2. The number of rotatable bonds is 6. The Bertz CT molecular complexity index is 755. The third-order valence-corrected chi connectivity index (χ3v) is 4.43. The molecule has 0 unspecified atom stereocenters. The van der Waals surface area contributed by atoms with E-state index in [1.807, 2.05) is 45.2 Å². The topological polar surface area (TPSA) is 58.2 Å². The fourth-order valence-corrected chi connectivity index (χ4v) is 2.83. The summed E-state index contributed by atoms with van der Waals surface area (Å²) in [6.45, 7) is 5.94. The van der Waals surface area contributed by atoms with Gasteiger partial charge in [0.05, 0.1) is 0 Å². The third-order valence-electron chi connectivity index (χ3n) is 3.71. The summed E-state index contributed by atoms with van der Waals surface area (Å²) in [4.78, 5) is 25.3. The van der Waals surface area contributed by atoms with Gasteiger partial charge in [0.25, 0.3) is 5.91 Å². The van der Waals surface area contributed by atoms with Crippen LogP contribution in [0.3, 0.4) is 0 Å². The van der Waals surface area contributed by atoms with Gasteiger partial charge in [-0.1, -0.05) is 19.9 Å². The van der Waals surface area contributed by atoms with Crippen LogP contribution < -0.4 is 10.6 Å². The fourth-order valence-electron chi connectivity index (χ4n) is 2.39. The van der Waals surface area contributed by atoms with Crippen LogP contribution in [0.25, 0.3) is 0 Å². The Morgan fingerprint density at radius 2 is 1.60 bits per heavy atom. The minimum Gasteiger partial charge on any atom is -0.326 e. The Morgan fingerprint density at radius 1 is 1.00 bits per heavy atom. The Labute approximate surface area is 153 Å². The molecule has 0 saturated carbocycles. The van der Waals surface area contributed by atoms with Crippen LogP contribution in [0.2, 0.25) is 0 Å². The quantitative estimate of drug-likeness (QED) is 0.720. The van der Waals surface area contributed by atoms with Crippen LogP contribution in [0.15, 0.2) is 47.4 Å². The molecule has 0 aromatic heterocycles. The van der Waals surface area contributed by atoms with Crippen LogP contribution >= 0.6 is 11.8 Å². The standard InChI is InChI=1S/C20H24N2O2S/c1-13(2)11-19(23)21-15-6-8-16(9-7-15)22-20(24)18-12-17(25-4)10-5-14(18)3/h5-10,12-13H,11H2,1-4H3,(H,21,23)(H,22,24). The van der Waals surface area contributed by atoms with Gasteiger partial charge in [-0.15, -0.1) is 11.8 Å². The lowest BCUT2D eigenvalue weighted by Gasteiger charge is -2.11. The highest BCUT2D eigenvalue weighted by Gasteiger charge is 2.11. The fraction of sp³-hybridized carbons (Fsp3) is 0.300. The van der Waals surface area contributed by atoms with Crippen LogP contribution in [0, 0.1) is 12.8 Å². The molecule has 0 aliphatic rings. The monoisotopic (exact) mass is 356 g/mol. The molecule has 0 fully saturated rings.